The first-order valence-electron chi connectivity index (χ1n) is 7.76. The number of ether oxygens (including phenoxy) is 2. The lowest BCUT2D eigenvalue weighted by Gasteiger charge is -2.60. The fraction of sp³-hybridized carbons (Fsp3) is 0.933. The second-order valence-electron chi connectivity index (χ2n) is 6.29. The number of aliphatic imine (C=N–C) groups is 1. The lowest BCUT2D eigenvalue weighted by Crippen LogP contribution is -2.71. The third kappa shape index (κ3) is 4.22. The molecule has 1 aliphatic heterocycles. The minimum atomic E-state index is 0. The molecule has 1 aliphatic carbocycles. The van der Waals surface area contributed by atoms with E-state index in [4.69, 9.17) is 9.47 Å². The number of fused-ring (bicyclic) bond motifs is 1. The molecule has 1 heterocycles. The Morgan fingerprint density at radius 3 is 2.86 bits per heavy atom. The third-order valence-electron chi connectivity index (χ3n) is 4.53. The van der Waals surface area contributed by atoms with Gasteiger partial charge in [-0.05, 0) is 19.8 Å². The van der Waals surface area contributed by atoms with Crippen LogP contribution in [-0.4, -0.2) is 51.5 Å². The molecule has 0 aromatic carbocycles. The van der Waals surface area contributed by atoms with Crippen molar-refractivity contribution in [1.82, 2.24) is 10.6 Å². The fourth-order valence-electron chi connectivity index (χ4n) is 3.53. The Bertz CT molecular complexity index is 350. The molecule has 1 saturated carbocycles. The second-order valence-corrected chi connectivity index (χ2v) is 6.29. The highest BCUT2D eigenvalue weighted by atomic mass is 127. The van der Waals surface area contributed by atoms with E-state index in [1.807, 2.05) is 0 Å². The zero-order valence-electron chi connectivity index (χ0n) is 13.6. The zero-order valence-corrected chi connectivity index (χ0v) is 16.0. The van der Waals surface area contributed by atoms with Crippen LogP contribution in [0.1, 0.15) is 33.6 Å². The van der Waals surface area contributed by atoms with Crippen molar-refractivity contribution in [2.75, 3.05) is 33.4 Å². The highest BCUT2D eigenvalue weighted by Crippen LogP contribution is 2.51. The molecular formula is C15H30IN3O2. The molecule has 6 heteroatoms. The summed E-state index contributed by atoms with van der Waals surface area (Å²) in [5.74, 6) is 1.51. The monoisotopic (exact) mass is 411 g/mol. The van der Waals surface area contributed by atoms with Gasteiger partial charge < -0.3 is 20.1 Å². The van der Waals surface area contributed by atoms with Gasteiger partial charge in [-0.15, -0.1) is 24.0 Å². The van der Waals surface area contributed by atoms with Gasteiger partial charge in [0.25, 0.3) is 0 Å². The van der Waals surface area contributed by atoms with Crippen LogP contribution in [-0.2, 0) is 9.47 Å². The number of methoxy groups -OCH3 is 1. The van der Waals surface area contributed by atoms with Crippen molar-refractivity contribution in [2.24, 2.45) is 16.3 Å². The van der Waals surface area contributed by atoms with E-state index in [0.717, 1.165) is 19.1 Å². The molecule has 0 aromatic rings. The first-order valence-corrected chi connectivity index (χ1v) is 7.76. The van der Waals surface area contributed by atoms with Gasteiger partial charge in [-0.25, -0.2) is 0 Å². The number of nitrogens with zero attached hydrogens (tertiary/aromatic N) is 1. The summed E-state index contributed by atoms with van der Waals surface area (Å²) >= 11 is 0. The van der Waals surface area contributed by atoms with Gasteiger partial charge in [0.15, 0.2) is 5.96 Å². The maximum Gasteiger partial charge on any atom is 0.191 e. The van der Waals surface area contributed by atoms with E-state index in [0.29, 0.717) is 31.2 Å². The van der Waals surface area contributed by atoms with E-state index in [9.17, 15) is 0 Å². The molecule has 2 rings (SSSR count). The smallest absolute Gasteiger partial charge is 0.191 e. The molecule has 2 aliphatic rings. The molecule has 3 unspecified atom stereocenters. The SMILES string of the molecule is CCNC(=NCCOC)NC1C2CCCOC2C1(C)C.I. The maximum absolute atomic E-state index is 5.94. The van der Waals surface area contributed by atoms with E-state index < -0.39 is 0 Å². The molecule has 0 aromatic heterocycles. The minimum Gasteiger partial charge on any atom is -0.383 e. The molecular weight excluding hydrogens is 381 g/mol. The molecule has 0 radical (unpaired) electrons. The average molecular weight is 411 g/mol. The standard InChI is InChI=1S/C15H29N3O2.HI/c1-5-16-14(17-8-10-19-4)18-12-11-7-6-9-20-13(11)15(12,2)3;/h11-13H,5-10H2,1-4H3,(H2,16,17,18);1H. The number of nitrogens with one attached hydrogen (secondary N) is 2. The van der Waals surface area contributed by atoms with Gasteiger partial charge in [0.2, 0.25) is 0 Å². The molecule has 3 atom stereocenters. The van der Waals surface area contributed by atoms with Crippen LogP contribution in [0.15, 0.2) is 4.99 Å². The van der Waals surface area contributed by atoms with Crippen molar-refractivity contribution in [3.8, 4) is 0 Å². The number of guanidine groups is 1. The topological polar surface area (TPSA) is 54.9 Å². The molecule has 1 saturated heterocycles. The zero-order chi connectivity index (χ0) is 14.6. The Labute approximate surface area is 145 Å². The molecule has 2 N–H and O–H groups in total. The van der Waals surface area contributed by atoms with E-state index in [-0.39, 0.29) is 29.4 Å². The quantitative estimate of drug-likeness (QED) is 0.315. The first-order chi connectivity index (χ1) is 9.61. The largest absolute Gasteiger partial charge is 0.383 e. The van der Waals surface area contributed by atoms with Gasteiger partial charge in [0.1, 0.15) is 0 Å². The van der Waals surface area contributed by atoms with Crippen molar-refractivity contribution in [3.63, 3.8) is 0 Å². The van der Waals surface area contributed by atoms with Crippen LogP contribution in [0.25, 0.3) is 0 Å². The van der Waals surface area contributed by atoms with E-state index in [1.165, 1.54) is 12.8 Å². The third-order valence-corrected chi connectivity index (χ3v) is 4.53. The molecule has 0 spiro atoms. The van der Waals surface area contributed by atoms with Gasteiger partial charge in [0.05, 0.1) is 19.3 Å². The summed E-state index contributed by atoms with van der Waals surface area (Å²) in [6.45, 7) is 9.79. The highest BCUT2D eigenvalue weighted by molar-refractivity contribution is 14.0. The summed E-state index contributed by atoms with van der Waals surface area (Å²) in [5, 5.41) is 6.92. The summed E-state index contributed by atoms with van der Waals surface area (Å²) < 4.78 is 11.0. The van der Waals surface area contributed by atoms with Crippen LogP contribution >= 0.6 is 24.0 Å². The van der Waals surface area contributed by atoms with E-state index in [2.05, 4.69) is 36.4 Å². The summed E-state index contributed by atoms with van der Waals surface area (Å²) in [6.07, 6.45) is 2.83. The van der Waals surface area contributed by atoms with Crippen LogP contribution in [0.4, 0.5) is 0 Å². The maximum atomic E-state index is 5.94. The molecule has 124 valence electrons. The number of rotatable bonds is 5. The lowest BCUT2D eigenvalue weighted by molar-refractivity contribution is -0.188. The minimum absolute atomic E-state index is 0. The lowest BCUT2D eigenvalue weighted by atomic mass is 9.55. The van der Waals surface area contributed by atoms with E-state index >= 15 is 0 Å². The van der Waals surface area contributed by atoms with Crippen molar-refractivity contribution in [3.05, 3.63) is 0 Å². The van der Waals surface area contributed by atoms with Gasteiger partial charge in [-0.1, -0.05) is 13.8 Å². The van der Waals surface area contributed by atoms with Crippen LogP contribution < -0.4 is 10.6 Å². The predicted molar refractivity (Wildman–Crippen MR) is 96.4 cm³/mol. The van der Waals surface area contributed by atoms with Crippen molar-refractivity contribution >= 4 is 29.9 Å². The summed E-state index contributed by atoms with van der Waals surface area (Å²) in [4.78, 5) is 4.56. The van der Waals surface area contributed by atoms with Gasteiger partial charge in [-0.2, -0.15) is 0 Å². The first kappa shape index (κ1) is 19.0. The Balaban J connectivity index is 0.00000220. The van der Waals surface area contributed by atoms with Crippen LogP contribution in [0, 0.1) is 11.3 Å². The number of hydrogen-bond acceptors (Lipinski definition) is 3. The molecule has 2 fully saturated rings. The Morgan fingerprint density at radius 1 is 1.43 bits per heavy atom. The molecule has 0 bridgehead atoms. The molecule has 5 nitrogen and oxygen atoms in total. The van der Waals surface area contributed by atoms with Gasteiger partial charge in [-0.3, -0.25) is 4.99 Å². The van der Waals surface area contributed by atoms with Crippen molar-refractivity contribution < 1.29 is 9.47 Å². The summed E-state index contributed by atoms with van der Waals surface area (Å²) in [7, 11) is 1.70. The Morgan fingerprint density at radius 2 is 2.19 bits per heavy atom. The molecule has 21 heavy (non-hydrogen) atoms. The van der Waals surface area contributed by atoms with Crippen molar-refractivity contribution in [1.29, 1.82) is 0 Å². The average Bonchev–Trinajstić information content (AvgIpc) is 2.45. The normalized spacial score (nSPS) is 30.7. The number of hydrogen-bond donors (Lipinski definition) is 2. The Hall–Kier alpha value is -0.0800. The number of halogens is 1. The highest BCUT2D eigenvalue weighted by Gasteiger charge is 2.58. The van der Waals surface area contributed by atoms with E-state index in [1.54, 1.807) is 7.11 Å². The van der Waals surface area contributed by atoms with Gasteiger partial charge >= 0.3 is 0 Å². The van der Waals surface area contributed by atoms with Crippen LogP contribution in [0.3, 0.4) is 0 Å². The van der Waals surface area contributed by atoms with Crippen molar-refractivity contribution in [2.45, 2.75) is 45.8 Å². The van der Waals surface area contributed by atoms with Crippen LogP contribution in [0.2, 0.25) is 0 Å². The second kappa shape index (κ2) is 8.53. The molecule has 0 amide bonds. The summed E-state index contributed by atoms with van der Waals surface area (Å²) in [6, 6.07) is 0.438. The fourth-order valence-corrected chi connectivity index (χ4v) is 3.53. The van der Waals surface area contributed by atoms with Gasteiger partial charge in [0, 0.05) is 37.6 Å². The Kier molecular flexibility index (Phi) is 7.70. The van der Waals surface area contributed by atoms with Crippen LogP contribution in [0.5, 0.6) is 0 Å². The summed E-state index contributed by atoms with van der Waals surface area (Å²) in [5.41, 5.74) is 0.169. The predicted octanol–water partition coefficient (Wildman–Crippen LogP) is 2.01.